The van der Waals surface area contributed by atoms with Gasteiger partial charge in [0.05, 0.1) is 11.1 Å². The van der Waals surface area contributed by atoms with Gasteiger partial charge in [0.15, 0.2) is 0 Å². The maximum absolute atomic E-state index is 14.8. The van der Waals surface area contributed by atoms with Gasteiger partial charge in [-0.3, -0.25) is 4.90 Å². The number of anilines is 1. The minimum Gasteiger partial charge on any atom is -0.508 e. The Morgan fingerprint density at radius 2 is 1.89 bits per heavy atom. The van der Waals surface area contributed by atoms with Crippen LogP contribution in [0.2, 0.25) is 0 Å². The van der Waals surface area contributed by atoms with Gasteiger partial charge in [0.1, 0.15) is 41.4 Å². The first-order valence-electron chi connectivity index (χ1n) is 15.3. The quantitative estimate of drug-likeness (QED) is 0.281. The van der Waals surface area contributed by atoms with Gasteiger partial charge in [-0.1, -0.05) is 12.0 Å². The lowest BCUT2D eigenvalue weighted by Gasteiger charge is -2.34. The van der Waals surface area contributed by atoms with Gasteiger partial charge in [-0.15, -0.1) is 6.42 Å². The largest absolute Gasteiger partial charge is 0.508 e. The summed E-state index contributed by atoms with van der Waals surface area (Å²) >= 11 is 0. The minimum atomic E-state index is -0.884. The fourth-order valence-corrected chi connectivity index (χ4v) is 8.06. The van der Waals surface area contributed by atoms with Crippen LogP contribution in [0.4, 0.5) is 14.6 Å². The molecule has 4 aliphatic rings. The summed E-state index contributed by atoms with van der Waals surface area (Å²) in [7, 11) is 0. The molecule has 3 aromatic carbocycles. The lowest BCUT2D eigenvalue weighted by molar-refractivity contribution is 0.107. The Hall–Kier alpha value is -4.20. The smallest absolute Gasteiger partial charge is 0.319 e. The number of phenols is 2. The van der Waals surface area contributed by atoms with E-state index in [4.69, 9.17) is 21.1 Å². The number of halogens is 2. The number of alkyl halides is 1. The molecule has 4 atom stereocenters. The molecular weight excluding hydrogens is 564 g/mol. The van der Waals surface area contributed by atoms with E-state index in [1.54, 1.807) is 12.1 Å². The van der Waals surface area contributed by atoms with Crippen LogP contribution in [-0.4, -0.2) is 81.7 Å². The molecule has 0 saturated carbocycles. The third-order valence-corrected chi connectivity index (χ3v) is 10.0. The van der Waals surface area contributed by atoms with Crippen LogP contribution in [-0.2, 0) is 0 Å². The van der Waals surface area contributed by atoms with E-state index in [1.165, 1.54) is 18.2 Å². The van der Waals surface area contributed by atoms with Crippen molar-refractivity contribution in [2.24, 2.45) is 0 Å². The van der Waals surface area contributed by atoms with Gasteiger partial charge < -0.3 is 25.2 Å². The highest BCUT2D eigenvalue weighted by atomic mass is 19.1. The summed E-state index contributed by atoms with van der Waals surface area (Å²) in [5.41, 5.74) is 0.665. The second kappa shape index (κ2) is 10.2. The molecule has 10 heteroatoms. The molecule has 8 rings (SSSR count). The Morgan fingerprint density at radius 3 is 2.68 bits per heavy atom. The van der Waals surface area contributed by atoms with E-state index in [2.05, 4.69) is 21.0 Å². The van der Waals surface area contributed by atoms with Gasteiger partial charge >= 0.3 is 6.01 Å². The average Bonchev–Trinajstić information content (AvgIpc) is 3.66. The molecule has 4 fully saturated rings. The highest BCUT2D eigenvalue weighted by Crippen LogP contribution is 2.45. The molecule has 1 aromatic heterocycles. The predicted molar refractivity (Wildman–Crippen MR) is 164 cm³/mol. The first kappa shape index (κ1) is 27.4. The Bertz CT molecular complexity index is 1850. The number of benzene rings is 3. The number of aromatic nitrogens is 2. The summed E-state index contributed by atoms with van der Waals surface area (Å²) in [6.07, 6.45) is 9.27. The first-order chi connectivity index (χ1) is 21.3. The zero-order chi connectivity index (χ0) is 30.2. The molecule has 0 aliphatic carbocycles. The molecule has 5 heterocycles. The molecule has 3 N–H and O–H groups in total. The van der Waals surface area contributed by atoms with E-state index in [1.807, 2.05) is 6.07 Å². The number of hydrogen-bond acceptors (Lipinski definition) is 8. The normalized spacial score (nSPS) is 26.4. The summed E-state index contributed by atoms with van der Waals surface area (Å²) in [6.45, 7) is 3.04. The average molecular weight is 598 g/mol. The third kappa shape index (κ3) is 4.32. The van der Waals surface area contributed by atoms with Gasteiger partial charge in [-0.05, 0) is 73.5 Å². The molecule has 0 unspecified atom stereocenters. The molecular formula is C34H33F2N5O3. The number of fused-ring (bicyclic) bond motifs is 5. The van der Waals surface area contributed by atoms with E-state index >= 15 is 0 Å². The van der Waals surface area contributed by atoms with Gasteiger partial charge in [0.25, 0.3) is 0 Å². The number of phenolic OH excluding ortho intramolecular Hbond substituents is 2. The van der Waals surface area contributed by atoms with Crippen molar-refractivity contribution in [1.29, 1.82) is 0 Å². The monoisotopic (exact) mass is 597 g/mol. The van der Waals surface area contributed by atoms with Crippen molar-refractivity contribution in [3.8, 4) is 41.0 Å². The van der Waals surface area contributed by atoms with Crippen molar-refractivity contribution in [1.82, 2.24) is 20.2 Å². The highest BCUT2D eigenvalue weighted by Gasteiger charge is 2.49. The Morgan fingerprint density at radius 1 is 1.07 bits per heavy atom. The van der Waals surface area contributed by atoms with Crippen LogP contribution < -0.4 is 15.0 Å². The van der Waals surface area contributed by atoms with E-state index in [9.17, 15) is 19.0 Å². The lowest BCUT2D eigenvalue weighted by atomic mass is 9.92. The van der Waals surface area contributed by atoms with Crippen LogP contribution in [0.25, 0.3) is 32.8 Å². The van der Waals surface area contributed by atoms with Crippen LogP contribution in [0.5, 0.6) is 17.5 Å². The first-order valence-corrected chi connectivity index (χ1v) is 15.3. The summed E-state index contributed by atoms with van der Waals surface area (Å²) < 4.78 is 35.6. The summed E-state index contributed by atoms with van der Waals surface area (Å²) in [6, 6.07) is 10.2. The predicted octanol–water partition coefficient (Wildman–Crippen LogP) is 4.88. The standard InChI is InChI=1S/C34H33F2N5O3/c1-2-24-28(36)9-4-19-12-23(42)13-27(29(19)24)25-7-8-26-30(31(25)43)38-33(39-32(26)40-16-21-5-6-22(17-40)37-21)44-18-34-10-3-11-41(34)15-20(35)14-34/h1,4,7-9,12-13,20-22,37,42-43H,3,5-6,10-11,14-18H2/t20-,21-,22+,34+/m1/s1. The number of piperazine rings is 1. The molecule has 8 nitrogen and oxygen atoms in total. The molecule has 4 saturated heterocycles. The molecule has 4 aromatic rings. The van der Waals surface area contributed by atoms with Gasteiger partial charge in [-0.25, -0.2) is 8.78 Å². The van der Waals surface area contributed by atoms with Crippen LogP contribution in [0.15, 0.2) is 36.4 Å². The Balaban J connectivity index is 1.28. The highest BCUT2D eigenvalue weighted by molar-refractivity contribution is 6.06. The lowest BCUT2D eigenvalue weighted by Crippen LogP contribution is -2.51. The van der Waals surface area contributed by atoms with Crippen LogP contribution >= 0.6 is 0 Å². The number of rotatable bonds is 5. The second-order valence-electron chi connectivity index (χ2n) is 12.8. The molecule has 4 aliphatic heterocycles. The van der Waals surface area contributed by atoms with E-state index in [-0.39, 0.29) is 40.7 Å². The molecule has 0 amide bonds. The number of nitrogens with zero attached hydrogens (tertiary/aromatic N) is 4. The zero-order valence-corrected chi connectivity index (χ0v) is 24.2. The fraction of sp³-hybridized carbons (Fsp3) is 0.412. The second-order valence-corrected chi connectivity index (χ2v) is 12.8. The van der Waals surface area contributed by atoms with Crippen molar-refractivity contribution >= 4 is 27.5 Å². The maximum Gasteiger partial charge on any atom is 0.319 e. The van der Waals surface area contributed by atoms with Gasteiger partial charge in [0.2, 0.25) is 0 Å². The summed E-state index contributed by atoms with van der Waals surface area (Å²) in [5, 5.41) is 27.7. The maximum atomic E-state index is 14.8. The Labute approximate surface area is 253 Å². The topological polar surface area (TPSA) is 94.0 Å². The van der Waals surface area contributed by atoms with Crippen LogP contribution in [0.3, 0.4) is 0 Å². The SMILES string of the molecule is C#Cc1c(F)ccc2cc(O)cc(-c3ccc4c(N5C[C@H]6CC[C@@H](C5)N6)nc(OC[C@@]56CCCN5C[C@H](F)C6)nc4c3O)c12. The van der Waals surface area contributed by atoms with Crippen LogP contribution in [0.1, 0.15) is 37.7 Å². The van der Waals surface area contributed by atoms with Crippen molar-refractivity contribution < 1.29 is 23.7 Å². The summed E-state index contributed by atoms with van der Waals surface area (Å²) in [5.74, 6) is 2.33. The fourth-order valence-electron chi connectivity index (χ4n) is 8.06. The van der Waals surface area contributed by atoms with E-state index in [0.717, 1.165) is 45.3 Å². The van der Waals surface area contributed by atoms with E-state index < -0.39 is 12.0 Å². The molecule has 226 valence electrons. The van der Waals surface area contributed by atoms with Crippen molar-refractivity contribution in [3.63, 3.8) is 0 Å². The number of nitrogens with one attached hydrogen (secondary N) is 1. The Kier molecular flexibility index (Phi) is 6.33. The third-order valence-electron chi connectivity index (χ3n) is 10.0. The number of terminal acetylenes is 1. The van der Waals surface area contributed by atoms with Gasteiger partial charge in [-0.2, -0.15) is 9.97 Å². The van der Waals surface area contributed by atoms with Crippen molar-refractivity contribution in [2.75, 3.05) is 37.7 Å². The minimum absolute atomic E-state index is 0.0452. The number of hydrogen-bond donors (Lipinski definition) is 3. The van der Waals surface area contributed by atoms with Crippen LogP contribution in [0, 0.1) is 18.2 Å². The zero-order valence-electron chi connectivity index (χ0n) is 24.2. The number of aromatic hydroxyl groups is 2. The molecule has 0 radical (unpaired) electrons. The summed E-state index contributed by atoms with van der Waals surface area (Å²) in [4.78, 5) is 14.0. The number of ether oxygens (including phenoxy) is 1. The van der Waals surface area contributed by atoms with Gasteiger partial charge in [0, 0.05) is 54.5 Å². The van der Waals surface area contributed by atoms with E-state index in [0.29, 0.717) is 58.2 Å². The molecule has 0 spiro atoms. The molecule has 2 bridgehead atoms. The molecule has 44 heavy (non-hydrogen) atoms. The van der Waals surface area contributed by atoms with Crippen molar-refractivity contribution in [2.45, 2.75) is 55.9 Å². The van der Waals surface area contributed by atoms with Crippen molar-refractivity contribution in [3.05, 3.63) is 47.8 Å².